The Morgan fingerprint density at radius 2 is 2.04 bits per heavy atom. The van der Waals surface area contributed by atoms with Crippen molar-refractivity contribution in [2.24, 2.45) is 0 Å². The Kier molecular flexibility index (Phi) is 4.34. The molecule has 1 N–H and O–H groups in total. The summed E-state index contributed by atoms with van der Waals surface area (Å²) >= 11 is 0. The third-order valence-corrected chi connectivity index (χ3v) is 4.14. The predicted molar refractivity (Wildman–Crippen MR) is 94.9 cm³/mol. The van der Waals surface area contributed by atoms with Gasteiger partial charge in [0.2, 0.25) is 5.88 Å². The second kappa shape index (κ2) is 6.48. The number of para-hydroxylation sites is 1. The highest BCUT2D eigenvalue weighted by Gasteiger charge is 2.45. The SMILES string of the molecule is CCc1cccc(C#N)c1Oc1ccc(N2C(=O)NC(C)(C)C2=O)cn1. The van der Waals surface area contributed by atoms with E-state index < -0.39 is 11.6 Å². The Morgan fingerprint density at radius 1 is 1.27 bits per heavy atom. The maximum absolute atomic E-state index is 12.3. The van der Waals surface area contributed by atoms with Crippen LogP contribution in [0.25, 0.3) is 0 Å². The van der Waals surface area contributed by atoms with E-state index in [-0.39, 0.29) is 11.8 Å². The van der Waals surface area contributed by atoms with Crippen molar-refractivity contribution in [3.63, 3.8) is 0 Å². The highest BCUT2D eigenvalue weighted by atomic mass is 16.5. The topological polar surface area (TPSA) is 95.3 Å². The number of nitrogens with one attached hydrogen (secondary N) is 1. The third-order valence-electron chi connectivity index (χ3n) is 4.14. The summed E-state index contributed by atoms with van der Waals surface area (Å²) in [5, 5.41) is 11.9. The zero-order valence-electron chi connectivity index (χ0n) is 14.7. The quantitative estimate of drug-likeness (QED) is 0.855. The number of ether oxygens (including phenoxy) is 1. The number of aryl methyl sites for hydroxylation is 1. The van der Waals surface area contributed by atoms with Crippen molar-refractivity contribution in [2.45, 2.75) is 32.7 Å². The van der Waals surface area contributed by atoms with E-state index >= 15 is 0 Å². The molecular formula is C19H18N4O3. The van der Waals surface area contributed by atoms with E-state index in [0.29, 0.717) is 23.4 Å². The van der Waals surface area contributed by atoms with Gasteiger partial charge in [0.05, 0.1) is 17.4 Å². The molecule has 1 aliphatic heterocycles. The van der Waals surface area contributed by atoms with Gasteiger partial charge in [0, 0.05) is 6.07 Å². The van der Waals surface area contributed by atoms with Gasteiger partial charge in [-0.2, -0.15) is 5.26 Å². The summed E-state index contributed by atoms with van der Waals surface area (Å²) < 4.78 is 5.80. The lowest BCUT2D eigenvalue weighted by Crippen LogP contribution is -2.40. The molecule has 1 fully saturated rings. The number of carbonyl (C=O) groups is 2. The highest BCUT2D eigenvalue weighted by Crippen LogP contribution is 2.30. The number of hydrogen-bond acceptors (Lipinski definition) is 5. The summed E-state index contributed by atoms with van der Waals surface area (Å²) in [6, 6.07) is 10.1. The zero-order chi connectivity index (χ0) is 18.9. The first-order valence-electron chi connectivity index (χ1n) is 8.20. The molecule has 1 aliphatic rings. The number of imide groups is 1. The number of benzene rings is 1. The van der Waals surface area contributed by atoms with Crippen molar-refractivity contribution < 1.29 is 14.3 Å². The lowest BCUT2D eigenvalue weighted by atomic mass is 10.1. The van der Waals surface area contributed by atoms with Crippen LogP contribution in [0.2, 0.25) is 0 Å². The van der Waals surface area contributed by atoms with Gasteiger partial charge in [0.1, 0.15) is 17.4 Å². The Hall–Kier alpha value is -3.40. The summed E-state index contributed by atoms with van der Waals surface area (Å²) in [5.74, 6) is 0.396. The average Bonchev–Trinajstić information content (AvgIpc) is 2.83. The van der Waals surface area contributed by atoms with Crippen LogP contribution in [0.3, 0.4) is 0 Å². The molecule has 0 bridgehead atoms. The number of rotatable bonds is 4. The third kappa shape index (κ3) is 2.97. The van der Waals surface area contributed by atoms with Crippen molar-refractivity contribution >= 4 is 17.6 Å². The summed E-state index contributed by atoms with van der Waals surface area (Å²) in [7, 11) is 0. The van der Waals surface area contributed by atoms with Crippen molar-refractivity contribution in [1.82, 2.24) is 10.3 Å². The van der Waals surface area contributed by atoms with Crippen molar-refractivity contribution in [3.05, 3.63) is 47.7 Å². The number of nitrogens with zero attached hydrogens (tertiary/aromatic N) is 3. The van der Waals surface area contributed by atoms with E-state index in [9.17, 15) is 14.9 Å². The normalized spacial score (nSPS) is 15.5. The number of anilines is 1. The molecule has 0 radical (unpaired) electrons. The van der Waals surface area contributed by atoms with Crippen LogP contribution in [0.15, 0.2) is 36.5 Å². The highest BCUT2D eigenvalue weighted by molar-refractivity contribution is 6.22. The van der Waals surface area contributed by atoms with Gasteiger partial charge >= 0.3 is 6.03 Å². The average molecular weight is 350 g/mol. The maximum atomic E-state index is 12.3. The molecule has 2 heterocycles. The number of nitriles is 1. The van der Waals surface area contributed by atoms with Crippen molar-refractivity contribution in [3.8, 4) is 17.7 Å². The molecule has 0 unspecified atom stereocenters. The molecule has 3 amide bonds. The molecule has 26 heavy (non-hydrogen) atoms. The van der Waals surface area contributed by atoms with Crippen molar-refractivity contribution in [1.29, 1.82) is 5.26 Å². The molecule has 1 saturated heterocycles. The minimum Gasteiger partial charge on any atom is -0.437 e. The van der Waals surface area contributed by atoms with Gasteiger partial charge < -0.3 is 10.1 Å². The molecule has 132 valence electrons. The van der Waals surface area contributed by atoms with Crippen LogP contribution in [0.5, 0.6) is 11.6 Å². The largest absolute Gasteiger partial charge is 0.437 e. The molecule has 1 aromatic carbocycles. The molecule has 0 saturated carbocycles. The predicted octanol–water partition coefficient (Wildman–Crippen LogP) is 3.14. The minimum absolute atomic E-state index is 0.275. The smallest absolute Gasteiger partial charge is 0.329 e. The van der Waals surface area contributed by atoms with Crippen LogP contribution in [0.1, 0.15) is 31.9 Å². The fraction of sp³-hybridized carbons (Fsp3) is 0.263. The van der Waals surface area contributed by atoms with Gasteiger partial charge in [-0.15, -0.1) is 0 Å². The van der Waals surface area contributed by atoms with Crippen molar-refractivity contribution in [2.75, 3.05) is 4.90 Å². The first kappa shape index (κ1) is 17.4. The minimum atomic E-state index is -0.950. The van der Waals surface area contributed by atoms with Crippen LogP contribution >= 0.6 is 0 Å². The Bertz CT molecular complexity index is 913. The van der Waals surface area contributed by atoms with E-state index in [1.165, 1.54) is 6.20 Å². The summed E-state index contributed by atoms with van der Waals surface area (Å²) in [5.41, 5.74) is 0.722. The number of pyridine rings is 1. The number of carbonyl (C=O) groups excluding carboxylic acids is 2. The molecule has 3 rings (SSSR count). The number of hydrogen-bond donors (Lipinski definition) is 1. The summed E-state index contributed by atoms with van der Waals surface area (Å²) in [4.78, 5) is 29.6. The van der Waals surface area contributed by atoms with Crippen LogP contribution in [0.4, 0.5) is 10.5 Å². The fourth-order valence-corrected chi connectivity index (χ4v) is 2.72. The summed E-state index contributed by atoms with van der Waals surface area (Å²) in [6.07, 6.45) is 2.11. The van der Waals surface area contributed by atoms with Gasteiger partial charge in [-0.05, 0) is 38.0 Å². The Balaban J connectivity index is 1.87. The van der Waals surface area contributed by atoms with E-state index in [2.05, 4.69) is 16.4 Å². The van der Waals surface area contributed by atoms with E-state index in [0.717, 1.165) is 10.5 Å². The molecule has 2 aromatic rings. The fourth-order valence-electron chi connectivity index (χ4n) is 2.72. The Labute approximate surface area is 151 Å². The van der Waals surface area contributed by atoms with E-state index in [1.54, 1.807) is 38.1 Å². The first-order valence-corrected chi connectivity index (χ1v) is 8.20. The van der Waals surface area contributed by atoms with Gasteiger partial charge in [0.25, 0.3) is 5.91 Å². The molecule has 0 aliphatic carbocycles. The standard InChI is InChI=1S/C19H18N4O3/c1-4-12-6-5-7-13(10-20)16(12)26-15-9-8-14(11-21-15)23-17(24)19(2,3)22-18(23)25/h5-9,11H,4H2,1-3H3,(H,22,25). The van der Waals surface area contributed by atoms with Crippen LogP contribution in [0, 0.1) is 11.3 Å². The molecule has 0 spiro atoms. The van der Waals surface area contributed by atoms with Gasteiger partial charge in [0.15, 0.2) is 0 Å². The number of aromatic nitrogens is 1. The Morgan fingerprint density at radius 3 is 2.58 bits per heavy atom. The molecule has 1 aromatic heterocycles. The summed E-state index contributed by atoms with van der Waals surface area (Å²) in [6.45, 7) is 5.26. The van der Waals surface area contributed by atoms with Gasteiger partial charge in [-0.1, -0.05) is 19.1 Å². The maximum Gasteiger partial charge on any atom is 0.329 e. The first-order chi connectivity index (χ1) is 12.4. The molecule has 7 heteroatoms. The monoisotopic (exact) mass is 350 g/mol. The van der Waals surface area contributed by atoms with E-state index in [4.69, 9.17) is 4.74 Å². The lowest BCUT2D eigenvalue weighted by molar-refractivity contribution is -0.121. The zero-order valence-corrected chi connectivity index (χ0v) is 14.7. The van der Waals surface area contributed by atoms with Gasteiger partial charge in [-0.25, -0.2) is 14.7 Å². The van der Waals surface area contributed by atoms with Crippen LogP contribution < -0.4 is 15.0 Å². The second-order valence-electron chi connectivity index (χ2n) is 6.41. The number of amides is 3. The molecular weight excluding hydrogens is 332 g/mol. The number of urea groups is 1. The lowest BCUT2D eigenvalue weighted by Gasteiger charge is -2.16. The second-order valence-corrected chi connectivity index (χ2v) is 6.41. The molecule has 0 atom stereocenters. The van der Waals surface area contributed by atoms with Crippen LogP contribution in [-0.2, 0) is 11.2 Å². The molecule has 7 nitrogen and oxygen atoms in total. The van der Waals surface area contributed by atoms with Gasteiger partial charge in [-0.3, -0.25) is 4.79 Å². The van der Waals surface area contributed by atoms with E-state index in [1.807, 2.05) is 13.0 Å². The van der Waals surface area contributed by atoms with Crippen LogP contribution in [-0.4, -0.2) is 22.5 Å².